The number of carbonyl (C=O) groups excluding carboxylic acids is 1. The molecule has 1 aromatic rings. The van der Waals surface area contributed by atoms with Crippen LogP contribution in [0, 0.1) is 0 Å². The van der Waals surface area contributed by atoms with Gasteiger partial charge in [-0.2, -0.15) is 0 Å². The smallest absolute Gasteiger partial charge is 0.321 e. The molecule has 0 saturated carbocycles. The summed E-state index contributed by atoms with van der Waals surface area (Å²) >= 11 is 0. The molecule has 1 aliphatic rings. The molecule has 0 aliphatic carbocycles. The largest absolute Gasteiger partial charge is 0.389 e. The first kappa shape index (κ1) is 18.7. The molecule has 1 aromatic carbocycles. The van der Waals surface area contributed by atoms with Crippen LogP contribution in [0.15, 0.2) is 24.3 Å². The summed E-state index contributed by atoms with van der Waals surface area (Å²) in [5, 5.41) is 12.9. The number of aliphatic hydroxyl groups is 1. The lowest BCUT2D eigenvalue weighted by Crippen LogP contribution is -2.44. The van der Waals surface area contributed by atoms with Crippen molar-refractivity contribution in [2.24, 2.45) is 0 Å². The van der Waals surface area contributed by atoms with E-state index in [-0.39, 0.29) is 6.03 Å². The fraction of sp³-hybridized carbons (Fsp3) is 0.632. The Bertz CT molecular complexity index is 534. The topological polar surface area (TPSA) is 55.8 Å². The van der Waals surface area contributed by atoms with E-state index in [9.17, 15) is 9.90 Å². The van der Waals surface area contributed by atoms with E-state index in [1.807, 2.05) is 25.1 Å². The van der Waals surface area contributed by atoms with E-state index in [1.54, 1.807) is 18.7 Å². The predicted octanol–water partition coefficient (Wildman–Crippen LogP) is 2.95. The van der Waals surface area contributed by atoms with Crippen molar-refractivity contribution in [1.82, 2.24) is 9.80 Å². The van der Waals surface area contributed by atoms with Crippen molar-refractivity contribution in [3.8, 4) is 0 Å². The molecule has 2 N–H and O–H groups in total. The molecule has 1 fully saturated rings. The van der Waals surface area contributed by atoms with Crippen molar-refractivity contribution in [2.75, 3.05) is 38.0 Å². The highest BCUT2D eigenvalue weighted by molar-refractivity contribution is 5.89. The summed E-state index contributed by atoms with van der Waals surface area (Å²) in [6.45, 7) is 9.70. The van der Waals surface area contributed by atoms with Gasteiger partial charge >= 0.3 is 6.03 Å². The molecule has 2 rings (SSSR count). The fourth-order valence-corrected chi connectivity index (χ4v) is 3.09. The number of likely N-dealkylation sites (tertiary alicyclic amines) is 1. The van der Waals surface area contributed by atoms with Crippen molar-refractivity contribution in [2.45, 2.75) is 45.6 Å². The highest BCUT2D eigenvalue weighted by atomic mass is 16.3. The first-order valence-electron chi connectivity index (χ1n) is 8.97. The minimum Gasteiger partial charge on any atom is -0.389 e. The van der Waals surface area contributed by atoms with Crippen LogP contribution >= 0.6 is 0 Å². The Morgan fingerprint density at radius 2 is 2.04 bits per heavy atom. The van der Waals surface area contributed by atoms with Crippen LogP contribution in [0.1, 0.15) is 39.2 Å². The molecule has 0 atom stereocenters. The maximum absolute atomic E-state index is 12.4. The standard InChI is InChI=1S/C19H31N3O2/c1-4-22(15-19(2,3)24)18(23)20-17-9-7-8-16(14-17)10-13-21-11-5-6-12-21/h7-9,14,24H,4-6,10-13,15H2,1-3H3,(H,20,23). The van der Waals surface area contributed by atoms with Gasteiger partial charge in [-0.15, -0.1) is 0 Å². The van der Waals surface area contributed by atoms with Crippen molar-refractivity contribution < 1.29 is 9.90 Å². The molecule has 2 amide bonds. The fourth-order valence-electron chi connectivity index (χ4n) is 3.09. The van der Waals surface area contributed by atoms with Crippen LogP contribution in [-0.2, 0) is 6.42 Å². The number of benzene rings is 1. The first-order valence-corrected chi connectivity index (χ1v) is 8.97. The summed E-state index contributed by atoms with van der Waals surface area (Å²) < 4.78 is 0. The zero-order valence-electron chi connectivity index (χ0n) is 15.2. The van der Waals surface area contributed by atoms with Gasteiger partial charge in [0.15, 0.2) is 0 Å². The Balaban J connectivity index is 1.91. The third-order valence-corrected chi connectivity index (χ3v) is 4.34. The summed E-state index contributed by atoms with van der Waals surface area (Å²) in [7, 11) is 0. The Hall–Kier alpha value is -1.59. The molecule has 0 bridgehead atoms. The van der Waals surface area contributed by atoms with Gasteiger partial charge in [-0.25, -0.2) is 4.79 Å². The maximum atomic E-state index is 12.4. The van der Waals surface area contributed by atoms with Gasteiger partial charge < -0.3 is 20.2 Å². The highest BCUT2D eigenvalue weighted by Crippen LogP contribution is 2.15. The van der Waals surface area contributed by atoms with Crippen LogP contribution in [0.5, 0.6) is 0 Å². The molecule has 5 nitrogen and oxygen atoms in total. The zero-order valence-corrected chi connectivity index (χ0v) is 15.2. The molecule has 0 aromatic heterocycles. The minimum atomic E-state index is -0.898. The number of likely N-dealkylation sites (N-methyl/N-ethyl adjacent to an activating group) is 1. The van der Waals surface area contributed by atoms with Crippen molar-refractivity contribution in [3.63, 3.8) is 0 Å². The highest BCUT2D eigenvalue weighted by Gasteiger charge is 2.21. The maximum Gasteiger partial charge on any atom is 0.321 e. The van der Waals surface area contributed by atoms with Gasteiger partial charge in [0, 0.05) is 18.8 Å². The number of hydrogen-bond donors (Lipinski definition) is 2. The lowest BCUT2D eigenvalue weighted by atomic mass is 10.1. The second-order valence-corrected chi connectivity index (χ2v) is 7.26. The number of nitrogens with one attached hydrogen (secondary N) is 1. The van der Waals surface area contributed by atoms with Gasteiger partial charge in [-0.05, 0) is 70.8 Å². The number of urea groups is 1. The van der Waals surface area contributed by atoms with Crippen molar-refractivity contribution >= 4 is 11.7 Å². The van der Waals surface area contributed by atoms with Crippen LogP contribution in [0.2, 0.25) is 0 Å². The van der Waals surface area contributed by atoms with E-state index >= 15 is 0 Å². The molecule has 1 heterocycles. The number of rotatable bonds is 7. The predicted molar refractivity (Wildman–Crippen MR) is 98.4 cm³/mol. The summed E-state index contributed by atoms with van der Waals surface area (Å²) in [5.74, 6) is 0. The van der Waals surface area contributed by atoms with Gasteiger partial charge in [0.1, 0.15) is 0 Å². The third kappa shape index (κ3) is 6.13. The molecule has 1 aliphatic heterocycles. The molecule has 24 heavy (non-hydrogen) atoms. The second kappa shape index (κ2) is 8.49. The molecule has 0 spiro atoms. The molecule has 0 radical (unpaired) electrons. The van der Waals surface area contributed by atoms with Crippen LogP contribution in [0.3, 0.4) is 0 Å². The monoisotopic (exact) mass is 333 g/mol. The van der Waals surface area contributed by atoms with Crippen LogP contribution in [0.25, 0.3) is 0 Å². The van der Waals surface area contributed by atoms with Crippen LogP contribution < -0.4 is 5.32 Å². The Morgan fingerprint density at radius 1 is 1.33 bits per heavy atom. The van der Waals surface area contributed by atoms with Gasteiger partial charge in [0.05, 0.1) is 12.1 Å². The number of anilines is 1. The zero-order chi connectivity index (χ0) is 17.6. The second-order valence-electron chi connectivity index (χ2n) is 7.26. The quantitative estimate of drug-likeness (QED) is 0.806. The summed E-state index contributed by atoms with van der Waals surface area (Å²) in [5.41, 5.74) is 1.16. The van der Waals surface area contributed by atoms with E-state index in [2.05, 4.69) is 16.3 Å². The van der Waals surface area contributed by atoms with Gasteiger partial charge in [-0.3, -0.25) is 0 Å². The Labute approximate surface area is 145 Å². The molecule has 0 unspecified atom stereocenters. The van der Waals surface area contributed by atoms with Crippen LogP contribution in [0.4, 0.5) is 10.5 Å². The van der Waals surface area contributed by atoms with Gasteiger partial charge in [0.2, 0.25) is 0 Å². The lowest BCUT2D eigenvalue weighted by Gasteiger charge is -2.28. The van der Waals surface area contributed by atoms with E-state index in [0.717, 1.165) is 18.7 Å². The number of amides is 2. The molecule has 134 valence electrons. The molecule has 1 saturated heterocycles. The third-order valence-electron chi connectivity index (χ3n) is 4.34. The minimum absolute atomic E-state index is 0.170. The van der Waals surface area contributed by atoms with E-state index in [1.165, 1.54) is 31.5 Å². The van der Waals surface area contributed by atoms with Gasteiger partial charge in [-0.1, -0.05) is 12.1 Å². The molecule has 5 heteroatoms. The van der Waals surface area contributed by atoms with Gasteiger partial charge in [0.25, 0.3) is 0 Å². The average Bonchev–Trinajstić information content (AvgIpc) is 3.03. The Morgan fingerprint density at radius 3 is 2.67 bits per heavy atom. The summed E-state index contributed by atoms with van der Waals surface area (Å²) in [6.07, 6.45) is 3.62. The summed E-state index contributed by atoms with van der Waals surface area (Å²) in [6, 6.07) is 7.89. The van der Waals surface area contributed by atoms with Crippen molar-refractivity contribution in [3.05, 3.63) is 29.8 Å². The normalized spacial score (nSPS) is 15.5. The van der Waals surface area contributed by atoms with E-state index in [4.69, 9.17) is 0 Å². The van der Waals surface area contributed by atoms with E-state index in [0.29, 0.717) is 13.1 Å². The molecular formula is C19H31N3O2. The van der Waals surface area contributed by atoms with Crippen molar-refractivity contribution in [1.29, 1.82) is 0 Å². The molecular weight excluding hydrogens is 302 g/mol. The number of hydrogen-bond acceptors (Lipinski definition) is 3. The summed E-state index contributed by atoms with van der Waals surface area (Å²) in [4.78, 5) is 16.5. The van der Waals surface area contributed by atoms with Crippen LogP contribution in [-0.4, -0.2) is 59.3 Å². The number of nitrogens with zero attached hydrogens (tertiary/aromatic N) is 2. The first-order chi connectivity index (χ1) is 11.4. The average molecular weight is 333 g/mol. The lowest BCUT2D eigenvalue weighted by molar-refractivity contribution is 0.0501. The number of carbonyl (C=O) groups is 1. The Kier molecular flexibility index (Phi) is 6.63. The van der Waals surface area contributed by atoms with E-state index < -0.39 is 5.60 Å². The SMILES string of the molecule is CCN(CC(C)(C)O)C(=O)Nc1cccc(CCN2CCCC2)c1.